The molecular formula is C23H32N2O4S. The Morgan fingerprint density at radius 2 is 1.43 bits per heavy atom. The van der Waals surface area contributed by atoms with Crippen LogP contribution in [0.3, 0.4) is 0 Å². The van der Waals surface area contributed by atoms with Crippen molar-refractivity contribution in [3.05, 3.63) is 54.1 Å². The van der Waals surface area contributed by atoms with E-state index in [9.17, 15) is 13.2 Å². The van der Waals surface area contributed by atoms with Crippen LogP contribution in [0.1, 0.15) is 54.0 Å². The van der Waals surface area contributed by atoms with E-state index in [1.165, 1.54) is 17.7 Å². The molecule has 6 nitrogen and oxygen atoms in total. The zero-order valence-corrected chi connectivity index (χ0v) is 19.6. The number of ether oxygens (including phenoxy) is 1. The molecule has 1 atom stereocenters. The van der Waals surface area contributed by atoms with E-state index in [0.29, 0.717) is 11.4 Å². The maximum absolute atomic E-state index is 12.4. The molecule has 0 aliphatic carbocycles. The van der Waals surface area contributed by atoms with Gasteiger partial charge in [0, 0.05) is 11.2 Å². The molecule has 0 aliphatic heterocycles. The van der Waals surface area contributed by atoms with Gasteiger partial charge in [0.05, 0.1) is 4.90 Å². The molecule has 1 unspecified atom stereocenters. The molecule has 0 saturated heterocycles. The van der Waals surface area contributed by atoms with Crippen LogP contribution in [-0.4, -0.2) is 26.0 Å². The molecule has 0 saturated carbocycles. The maximum atomic E-state index is 12.4. The fraction of sp³-hybridized carbons (Fsp3) is 0.435. The van der Waals surface area contributed by atoms with Crippen LogP contribution in [0.2, 0.25) is 0 Å². The first-order valence-electron chi connectivity index (χ1n) is 9.89. The number of rotatable bonds is 6. The van der Waals surface area contributed by atoms with Crippen molar-refractivity contribution in [1.82, 2.24) is 4.72 Å². The van der Waals surface area contributed by atoms with Crippen molar-refractivity contribution < 1.29 is 17.9 Å². The minimum absolute atomic E-state index is 0.0452. The van der Waals surface area contributed by atoms with Gasteiger partial charge in [-0.1, -0.05) is 32.9 Å². The maximum Gasteiger partial charge on any atom is 0.265 e. The molecule has 0 bridgehead atoms. The highest BCUT2D eigenvalue weighted by Crippen LogP contribution is 2.25. The summed E-state index contributed by atoms with van der Waals surface area (Å²) in [5.41, 5.74) is 1.14. The summed E-state index contributed by atoms with van der Waals surface area (Å²) in [6, 6.07) is 13.7. The third-order valence-electron chi connectivity index (χ3n) is 4.28. The molecule has 2 N–H and O–H groups in total. The van der Waals surface area contributed by atoms with Gasteiger partial charge in [0.2, 0.25) is 10.0 Å². The Hall–Kier alpha value is -2.38. The minimum atomic E-state index is -3.62. The van der Waals surface area contributed by atoms with Gasteiger partial charge in [-0.15, -0.1) is 0 Å². The molecule has 0 fully saturated rings. The van der Waals surface area contributed by atoms with E-state index in [0.717, 1.165) is 0 Å². The normalized spacial score (nSPS) is 13.6. The predicted molar refractivity (Wildman–Crippen MR) is 120 cm³/mol. The predicted octanol–water partition coefficient (Wildman–Crippen LogP) is 4.47. The van der Waals surface area contributed by atoms with E-state index in [-0.39, 0.29) is 16.2 Å². The van der Waals surface area contributed by atoms with Gasteiger partial charge in [-0.2, -0.15) is 0 Å². The summed E-state index contributed by atoms with van der Waals surface area (Å²) in [6.07, 6.45) is -0.712. The topological polar surface area (TPSA) is 84.5 Å². The second-order valence-electron chi connectivity index (χ2n) is 9.40. The summed E-state index contributed by atoms with van der Waals surface area (Å²) in [7, 11) is -3.62. The van der Waals surface area contributed by atoms with Gasteiger partial charge >= 0.3 is 0 Å². The minimum Gasteiger partial charge on any atom is -0.481 e. The highest BCUT2D eigenvalue weighted by molar-refractivity contribution is 7.89. The lowest BCUT2D eigenvalue weighted by molar-refractivity contribution is -0.122. The van der Waals surface area contributed by atoms with Gasteiger partial charge in [0.15, 0.2) is 6.10 Å². The number of carbonyl (C=O) groups is 1. The lowest BCUT2D eigenvalue weighted by Gasteiger charge is -2.21. The van der Waals surface area contributed by atoms with E-state index in [2.05, 4.69) is 30.8 Å². The van der Waals surface area contributed by atoms with Gasteiger partial charge in [0.1, 0.15) is 5.75 Å². The molecule has 2 rings (SSSR count). The zero-order valence-electron chi connectivity index (χ0n) is 18.7. The Balaban J connectivity index is 2.00. The highest BCUT2D eigenvalue weighted by atomic mass is 32.2. The SMILES string of the molecule is CC(Oc1ccc(C(C)(C)C)cc1)C(=O)Nc1ccc(S(=O)(=O)NC(C)(C)C)cc1. The fourth-order valence-corrected chi connectivity index (χ4v) is 4.13. The van der Waals surface area contributed by atoms with E-state index in [1.807, 2.05) is 24.3 Å². The number of nitrogens with one attached hydrogen (secondary N) is 2. The average molecular weight is 433 g/mol. The Bertz CT molecular complexity index is 968. The summed E-state index contributed by atoms with van der Waals surface area (Å²) >= 11 is 0. The van der Waals surface area contributed by atoms with Crippen molar-refractivity contribution in [2.24, 2.45) is 0 Å². The van der Waals surface area contributed by atoms with Crippen LogP contribution in [0, 0.1) is 0 Å². The molecule has 0 aliphatic rings. The van der Waals surface area contributed by atoms with Crippen LogP contribution in [0.15, 0.2) is 53.4 Å². The number of carbonyl (C=O) groups excluding carboxylic acids is 1. The molecule has 0 heterocycles. The number of sulfonamides is 1. The quantitative estimate of drug-likeness (QED) is 0.705. The lowest BCUT2D eigenvalue weighted by Crippen LogP contribution is -2.40. The second-order valence-corrected chi connectivity index (χ2v) is 11.1. The number of benzene rings is 2. The molecule has 0 aromatic heterocycles. The third-order valence-corrected chi connectivity index (χ3v) is 6.05. The number of hydrogen-bond acceptors (Lipinski definition) is 4. The van der Waals surface area contributed by atoms with Crippen LogP contribution in [0.25, 0.3) is 0 Å². The Kier molecular flexibility index (Phi) is 6.99. The molecule has 30 heavy (non-hydrogen) atoms. The first-order chi connectivity index (χ1) is 13.7. The van der Waals surface area contributed by atoms with Crippen molar-refractivity contribution in [1.29, 1.82) is 0 Å². The van der Waals surface area contributed by atoms with E-state index in [1.54, 1.807) is 39.8 Å². The standard InChI is InChI=1S/C23H32N2O4S/c1-16(29-19-12-8-17(9-13-19)22(2,3)4)21(26)24-18-10-14-20(15-11-18)30(27,28)25-23(5,6)7/h8-16,25H,1-7H3,(H,24,26). The Morgan fingerprint density at radius 3 is 1.90 bits per heavy atom. The lowest BCUT2D eigenvalue weighted by atomic mass is 9.87. The van der Waals surface area contributed by atoms with Crippen molar-refractivity contribution in [2.45, 2.75) is 70.4 Å². The molecule has 164 valence electrons. The van der Waals surface area contributed by atoms with Gasteiger partial charge in [-0.05, 0) is 75.1 Å². The smallest absolute Gasteiger partial charge is 0.265 e. The van der Waals surface area contributed by atoms with Crippen LogP contribution in [-0.2, 0) is 20.2 Å². The summed E-state index contributed by atoms with van der Waals surface area (Å²) in [5.74, 6) is 0.290. The van der Waals surface area contributed by atoms with Crippen LogP contribution in [0.4, 0.5) is 5.69 Å². The summed E-state index contributed by atoms with van der Waals surface area (Å²) in [5, 5.41) is 2.75. The summed E-state index contributed by atoms with van der Waals surface area (Å²) in [4.78, 5) is 12.6. The van der Waals surface area contributed by atoms with Gasteiger partial charge in [-0.25, -0.2) is 13.1 Å². The Labute approximate surface area is 180 Å². The molecule has 0 radical (unpaired) electrons. The number of amides is 1. The van der Waals surface area contributed by atoms with Gasteiger partial charge in [0.25, 0.3) is 5.91 Å². The van der Waals surface area contributed by atoms with Crippen molar-refractivity contribution >= 4 is 21.6 Å². The first-order valence-corrected chi connectivity index (χ1v) is 11.4. The van der Waals surface area contributed by atoms with Gasteiger partial charge in [-0.3, -0.25) is 4.79 Å². The fourth-order valence-electron chi connectivity index (χ4n) is 2.71. The van der Waals surface area contributed by atoms with Crippen LogP contribution < -0.4 is 14.8 Å². The highest BCUT2D eigenvalue weighted by Gasteiger charge is 2.22. The number of anilines is 1. The molecule has 2 aromatic carbocycles. The first kappa shape index (κ1) is 23.9. The van der Waals surface area contributed by atoms with Crippen molar-refractivity contribution in [3.8, 4) is 5.75 Å². The molecule has 1 amide bonds. The summed E-state index contributed by atoms with van der Waals surface area (Å²) in [6.45, 7) is 13.4. The van der Waals surface area contributed by atoms with Crippen molar-refractivity contribution in [3.63, 3.8) is 0 Å². The third kappa shape index (κ3) is 6.85. The molecule has 2 aromatic rings. The zero-order chi connectivity index (χ0) is 22.7. The largest absolute Gasteiger partial charge is 0.481 e. The van der Waals surface area contributed by atoms with E-state index in [4.69, 9.17) is 4.74 Å². The second kappa shape index (κ2) is 8.78. The summed E-state index contributed by atoms with van der Waals surface area (Å²) < 4.78 is 33.0. The number of hydrogen-bond donors (Lipinski definition) is 2. The monoisotopic (exact) mass is 432 g/mol. The molecule has 7 heteroatoms. The average Bonchev–Trinajstić information content (AvgIpc) is 2.59. The molecule has 0 spiro atoms. The van der Waals surface area contributed by atoms with Gasteiger partial charge < -0.3 is 10.1 Å². The van der Waals surface area contributed by atoms with Crippen molar-refractivity contribution in [2.75, 3.05) is 5.32 Å². The van der Waals surface area contributed by atoms with E-state index >= 15 is 0 Å². The Morgan fingerprint density at radius 1 is 0.900 bits per heavy atom. The molecular weight excluding hydrogens is 400 g/mol. The van der Waals surface area contributed by atoms with E-state index < -0.39 is 21.7 Å². The van der Waals surface area contributed by atoms with Crippen LogP contribution >= 0.6 is 0 Å². The van der Waals surface area contributed by atoms with Crippen LogP contribution in [0.5, 0.6) is 5.75 Å².